The molecule has 0 radical (unpaired) electrons. The van der Waals surface area contributed by atoms with Crippen LogP contribution in [0.3, 0.4) is 0 Å². The molecular weight excluding hydrogens is 333 g/mol. The maximum Gasteiger partial charge on any atom is 0.259 e. The number of rotatable bonds is 5. The second-order valence-corrected chi connectivity index (χ2v) is 5.89. The Morgan fingerprint density at radius 1 is 1.22 bits per heavy atom. The zero-order valence-corrected chi connectivity index (χ0v) is 14.4. The molecule has 0 spiro atoms. The Bertz CT molecular complexity index is 745. The second-order valence-electron chi connectivity index (χ2n) is 5.11. The van der Waals surface area contributed by atoms with Gasteiger partial charge in [0, 0.05) is 11.3 Å². The quantitative estimate of drug-likeness (QED) is 0.628. The predicted molar refractivity (Wildman–Crippen MR) is 96.6 cm³/mol. The molecule has 2 rings (SSSR count). The highest BCUT2D eigenvalue weighted by molar-refractivity contribution is 6.43. The number of benzene rings is 2. The summed E-state index contributed by atoms with van der Waals surface area (Å²) in [5, 5.41) is 7.81. The highest BCUT2D eigenvalue weighted by atomic mass is 35.5. The van der Waals surface area contributed by atoms with E-state index in [2.05, 4.69) is 21.9 Å². The molecule has 0 heterocycles. The third-order valence-corrected chi connectivity index (χ3v) is 4.03. The van der Waals surface area contributed by atoms with Gasteiger partial charge in [0.25, 0.3) is 5.91 Å². The van der Waals surface area contributed by atoms with Gasteiger partial charge in [-0.15, -0.1) is 0 Å². The molecular formula is C17H17Cl2N3O. The van der Waals surface area contributed by atoms with Gasteiger partial charge in [-0.25, -0.2) is 5.43 Å². The Morgan fingerprint density at radius 3 is 2.74 bits per heavy atom. The fraction of sp³-hybridized carbons (Fsp3) is 0.176. The topological polar surface area (TPSA) is 53.5 Å². The summed E-state index contributed by atoms with van der Waals surface area (Å²) in [5.41, 5.74) is 6.28. The van der Waals surface area contributed by atoms with E-state index in [1.54, 1.807) is 18.2 Å². The first-order valence-corrected chi connectivity index (χ1v) is 7.80. The minimum Gasteiger partial charge on any atom is -0.376 e. The SMILES string of the molecule is Cc1ccc(NCC(=O)NN=Cc2cccc(Cl)c2Cl)c(C)c1. The molecule has 0 aliphatic rings. The van der Waals surface area contributed by atoms with Crippen LogP contribution in [0.4, 0.5) is 5.69 Å². The molecule has 0 atom stereocenters. The van der Waals surface area contributed by atoms with Crippen molar-refractivity contribution in [2.24, 2.45) is 5.10 Å². The summed E-state index contributed by atoms with van der Waals surface area (Å²) in [6.45, 7) is 4.15. The van der Waals surface area contributed by atoms with E-state index in [1.165, 1.54) is 11.8 Å². The van der Waals surface area contributed by atoms with Crippen LogP contribution < -0.4 is 10.7 Å². The largest absolute Gasteiger partial charge is 0.376 e. The van der Waals surface area contributed by atoms with Gasteiger partial charge in [0.05, 0.1) is 22.8 Å². The van der Waals surface area contributed by atoms with Crippen molar-refractivity contribution in [3.8, 4) is 0 Å². The van der Waals surface area contributed by atoms with E-state index in [4.69, 9.17) is 23.2 Å². The number of aryl methyl sites for hydroxylation is 2. The van der Waals surface area contributed by atoms with Crippen LogP contribution in [0.1, 0.15) is 16.7 Å². The first-order valence-electron chi connectivity index (χ1n) is 7.04. The lowest BCUT2D eigenvalue weighted by Crippen LogP contribution is -2.26. The van der Waals surface area contributed by atoms with Crippen molar-refractivity contribution < 1.29 is 4.79 Å². The number of hydrazone groups is 1. The highest BCUT2D eigenvalue weighted by Crippen LogP contribution is 2.24. The van der Waals surface area contributed by atoms with Crippen molar-refractivity contribution in [2.45, 2.75) is 13.8 Å². The Labute approximate surface area is 145 Å². The van der Waals surface area contributed by atoms with Crippen molar-refractivity contribution in [3.63, 3.8) is 0 Å². The summed E-state index contributed by atoms with van der Waals surface area (Å²) >= 11 is 11.9. The average molecular weight is 350 g/mol. The van der Waals surface area contributed by atoms with Crippen molar-refractivity contribution in [3.05, 3.63) is 63.1 Å². The molecule has 0 fully saturated rings. The molecule has 0 unspecified atom stereocenters. The van der Waals surface area contributed by atoms with E-state index in [0.29, 0.717) is 15.6 Å². The molecule has 6 heteroatoms. The van der Waals surface area contributed by atoms with Crippen LogP contribution in [0.5, 0.6) is 0 Å². The summed E-state index contributed by atoms with van der Waals surface area (Å²) in [5.74, 6) is -0.251. The van der Waals surface area contributed by atoms with Gasteiger partial charge in [-0.3, -0.25) is 4.79 Å². The summed E-state index contributed by atoms with van der Waals surface area (Å²) in [6.07, 6.45) is 1.46. The highest BCUT2D eigenvalue weighted by Gasteiger charge is 2.03. The molecule has 0 bridgehead atoms. The molecule has 0 aromatic heterocycles. The Kier molecular flexibility index (Phi) is 6.02. The number of carbonyl (C=O) groups is 1. The molecule has 2 aromatic carbocycles. The zero-order chi connectivity index (χ0) is 16.8. The number of hydrogen-bond donors (Lipinski definition) is 2. The molecule has 0 aliphatic carbocycles. The molecule has 1 amide bonds. The Hall–Kier alpha value is -2.04. The average Bonchev–Trinajstić information content (AvgIpc) is 2.50. The number of nitrogens with zero attached hydrogens (tertiary/aromatic N) is 1. The van der Waals surface area contributed by atoms with Gasteiger partial charge in [-0.1, -0.05) is 53.0 Å². The lowest BCUT2D eigenvalue weighted by molar-refractivity contribution is -0.119. The summed E-state index contributed by atoms with van der Waals surface area (Å²) in [6, 6.07) is 11.2. The summed E-state index contributed by atoms with van der Waals surface area (Å²) in [7, 11) is 0. The number of nitrogens with one attached hydrogen (secondary N) is 2. The van der Waals surface area contributed by atoms with Crippen LogP contribution in [-0.2, 0) is 4.79 Å². The van der Waals surface area contributed by atoms with Gasteiger partial charge in [0.15, 0.2) is 0 Å². The first kappa shape index (κ1) is 17.3. The van der Waals surface area contributed by atoms with Crippen molar-refractivity contribution >= 4 is 41.0 Å². The fourth-order valence-electron chi connectivity index (χ4n) is 2.02. The van der Waals surface area contributed by atoms with Gasteiger partial charge < -0.3 is 5.32 Å². The molecule has 4 nitrogen and oxygen atoms in total. The molecule has 0 saturated carbocycles. The smallest absolute Gasteiger partial charge is 0.259 e. The minimum absolute atomic E-state index is 0.129. The number of hydrogen-bond acceptors (Lipinski definition) is 3. The number of carbonyl (C=O) groups excluding carboxylic acids is 1. The molecule has 120 valence electrons. The molecule has 2 N–H and O–H groups in total. The number of amides is 1. The minimum atomic E-state index is -0.251. The molecule has 0 saturated heterocycles. The van der Waals surface area contributed by atoms with E-state index in [9.17, 15) is 4.79 Å². The van der Waals surface area contributed by atoms with E-state index >= 15 is 0 Å². The van der Waals surface area contributed by atoms with Gasteiger partial charge in [0.2, 0.25) is 0 Å². The van der Waals surface area contributed by atoms with Crippen LogP contribution in [0, 0.1) is 13.8 Å². The monoisotopic (exact) mass is 349 g/mol. The molecule has 2 aromatic rings. The third-order valence-electron chi connectivity index (χ3n) is 3.20. The Morgan fingerprint density at radius 2 is 2.00 bits per heavy atom. The van der Waals surface area contributed by atoms with Crippen molar-refractivity contribution in [1.29, 1.82) is 0 Å². The summed E-state index contributed by atoms with van der Waals surface area (Å²) in [4.78, 5) is 11.8. The standard InChI is InChI=1S/C17H17Cl2N3O/c1-11-6-7-15(12(2)8-11)20-10-16(23)22-21-9-13-4-3-5-14(18)17(13)19/h3-9,20H,10H2,1-2H3,(H,22,23). The lowest BCUT2D eigenvalue weighted by Gasteiger charge is -2.09. The van der Waals surface area contributed by atoms with Crippen LogP contribution in [-0.4, -0.2) is 18.7 Å². The van der Waals surface area contributed by atoms with Crippen LogP contribution >= 0.6 is 23.2 Å². The maximum absolute atomic E-state index is 11.8. The third kappa shape index (κ3) is 4.98. The maximum atomic E-state index is 11.8. The number of anilines is 1. The number of halogens is 2. The van der Waals surface area contributed by atoms with Crippen molar-refractivity contribution in [1.82, 2.24) is 5.43 Å². The van der Waals surface area contributed by atoms with E-state index in [-0.39, 0.29) is 12.5 Å². The molecule has 0 aliphatic heterocycles. The fourth-order valence-corrected chi connectivity index (χ4v) is 2.38. The van der Waals surface area contributed by atoms with Gasteiger partial charge in [0.1, 0.15) is 0 Å². The van der Waals surface area contributed by atoms with Crippen LogP contribution in [0.25, 0.3) is 0 Å². The summed E-state index contributed by atoms with van der Waals surface area (Å²) < 4.78 is 0. The van der Waals surface area contributed by atoms with E-state index in [1.807, 2.05) is 26.0 Å². The first-order chi connectivity index (χ1) is 11.0. The van der Waals surface area contributed by atoms with Gasteiger partial charge in [-0.05, 0) is 31.5 Å². The van der Waals surface area contributed by atoms with E-state index in [0.717, 1.165) is 11.3 Å². The van der Waals surface area contributed by atoms with Crippen molar-refractivity contribution in [2.75, 3.05) is 11.9 Å². The Balaban J connectivity index is 1.87. The van der Waals surface area contributed by atoms with Crippen LogP contribution in [0.15, 0.2) is 41.5 Å². The normalized spacial score (nSPS) is 10.8. The second kappa shape index (κ2) is 7.99. The predicted octanol–water partition coefficient (Wildman–Crippen LogP) is 4.17. The van der Waals surface area contributed by atoms with Gasteiger partial charge in [-0.2, -0.15) is 5.10 Å². The molecule has 23 heavy (non-hydrogen) atoms. The van der Waals surface area contributed by atoms with Crippen LogP contribution in [0.2, 0.25) is 10.0 Å². The zero-order valence-electron chi connectivity index (χ0n) is 12.9. The van der Waals surface area contributed by atoms with E-state index < -0.39 is 0 Å². The van der Waals surface area contributed by atoms with Gasteiger partial charge >= 0.3 is 0 Å². The lowest BCUT2D eigenvalue weighted by atomic mass is 10.1.